The molecule has 0 saturated carbocycles. The van der Waals surface area contributed by atoms with Gasteiger partial charge in [0.2, 0.25) is 0 Å². The first-order valence-electron chi connectivity index (χ1n) is 6.35. The number of benzene rings is 1. The largest absolute Gasteiger partial charge is 0.491 e. The molecule has 0 aliphatic rings. The number of hydrogen-bond donors (Lipinski definition) is 2. The third kappa shape index (κ3) is 3.98. The third-order valence-corrected chi connectivity index (χ3v) is 2.73. The van der Waals surface area contributed by atoms with Crippen molar-refractivity contribution in [3.05, 3.63) is 53.9 Å². The van der Waals surface area contributed by atoms with Crippen LogP contribution in [-0.4, -0.2) is 17.6 Å². The summed E-state index contributed by atoms with van der Waals surface area (Å²) in [7, 11) is 0. The van der Waals surface area contributed by atoms with E-state index in [1.807, 2.05) is 43.3 Å². The van der Waals surface area contributed by atoms with Gasteiger partial charge in [-0.05, 0) is 36.8 Å². The van der Waals surface area contributed by atoms with Gasteiger partial charge in [-0.1, -0.05) is 12.1 Å². The van der Waals surface area contributed by atoms with Crippen molar-refractivity contribution in [3.63, 3.8) is 0 Å². The highest BCUT2D eigenvalue weighted by Gasteiger charge is 2.06. The fourth-order valence-corrected chi connectivity index (χ4v) is 1.81. The van der Waals surface area contributed by atoms with Gasteiger partial charge in [0, 0.05) is 18.3 Å². The molecule has 0 bridgehead atoms. The lowest BCUT2D eigenvalue weighted by atomic mass is 10.2. The Bertz CT molecular complexity index is 585. The summed E-state index contributed by atoms with van der Waals surface area (Å²) in [6, 6.07) is 10.7. The van der Waals surface area contributed by atoms with Crippen molar-refractivity contribution in [2.24, 2.45) is 5.73 Å². The molecule has 0 fully saturated rings. The fraction of sp³-hybridized carbons (Fsp3) is 0.200. The van der Waals surface area contributed by atoms with Crippen LogP contribution in [0.1, 0.15) is 11.3 Å². The second-order valence-corrected chi connectivity index (χ2v) is 4.41. The van der Waals surface area contributed by atoms with Crippen molar-refractivity contribution >= 4 is 11.7 Å². The van der Waals surface area contributed by atoms with Crippen molar-refractivity contribution in [1.29, 1.82) is 0 Å². The molecule has 3 N–H and O–H groups in total. The second-order valence-electron chi connectivity index (χ2n) is 4.41. The van der Waals surface area contributed by atoms with Crippen molar-refractivity contribution < 1.29 is 9.53 Å². The van der Waals surface area contributed by atoms with Gasteiger partial charge in [-0.15, -0.1) is 0 Å². The average molecular weight is 271 g/mol. The van der Waals surface area contributed by atoms with E-state index in [0.717, 1.165) is 11.3 Å². The number of hydrogen-bond acceptors (Lipinski definition) is 3. The number of nitrogens with two attached hydrogens (primary N) is 1. The van der Waals surface area contributed by atoms with E-state index in [9.17, 15) is 4.79 Å². The summed E-state index contributed by atoms with van der Waals surface area (Å²) in [6.45, 7) is 2.41. The van der Waals surface area contributed by atoms with Crippen LogP contribution in [0.25, 0.3) is 0 Å². The Kier molecular flexibility index (Phi) is 4.55. The Balaban J connectivity index is 2.00. The molecule has 2 amide bonds. The highest BCUT2D eigenvalue weighted by atomic mass is 16.5. The van der Waals surface area contributed by atoms with Gasteiger partial charge in [0.1, 0.15) is 5.75 Å². The van der Waals surface area contributed by atoms with E-state index < -0.39 is 6.03 Å². The lowest BCUT2D eigenvalue weighted by Crippen LogP contribution is -2.20. The standard InChI is InChI=1S/C15H17N3O2/c1-11-5-6-14(13(10-11)18-15(16)19)20-9-7-12-4-2-3-8-17-12/h2-6,8,10H,7,9H2,1H3,(H3,16,18,19). The Labute approximate surface area is 117 Å². The number of urea groups is 1. The molecular weight excluding hydrogens is 254 g/mol. The maximum Gasteiger partial charge on any atom is 0.316 e. The predicted octanol–water partition coefficient (Wildman–Crippen LogP) is 2.50. The van der Waals surface area contributed by atoms with E-state index >= 15 is 0 Å². The van der Waals surface area contributed by atoms with E-state index in [-0.39, 0.29) is 0 Å². The molecule has 1 heterocycles. The number of rotatable bonds is 5. The van der Waals surface area contributed by atoms with Crippen LogP contribution >= 0.6 is 0 Å². The monoisotopic (exact) mass is 271 g/mol. The molecule has 1 aromatic carbocycles. The van der Waals surface area contributed by atoms with Gasteiger partial charge in [-0.25, -0.2) is 4.79 Å². The maximum atomic E-state index is 11.0. The minimum atomic E-state index is -0.606. The maximum absolute atomic E-state index is 11.0. The van der Waals surface area contributed by atoms with Crippen molar-refractivity contribution in [3.8, 4) is 5.75 Å². The van der Waals surface area contributed by atoms with Crippen LogP contribution < -0.4 is 15.8 Å². The molecule has 1 aromatic heterocycles. The van der Waals surface area contributed by atoms with E-state index in [0.29, 0.717) is 24.5 Å². The smallest absolute Gasteiger partial charge is 0.316 e. The molecule has 2 aromatic rings. The SMILES string of the molecule is Cc1ccc(OCCc2ccccn2)c(NC(N)=O)c1. The van der Waals surface area contributed by atoms with Crippen LogP contribution in [0.3, 0.4) is 0 Å². The number of ether oxygens (including phenoxy) is 1. The van der Waals surface area contributed by atoms with E-state index in [4.69, 9.17) is 10.5 Å². The first-order chi connectivity index (χ1) is 9.65. The number of nitrogens with zero attached hydrogens (tertiary/aromatic N) is 1. The topological polar surface area (TPSA) is 77.2 Å². The molecule has 0 aliphatic heterocycles. The molecule has 0 atom stereocenters. The first-order valence-corrected chi connectivity index (χ1v) is 6.35. The Morgan fingerprint density at radius 2 is 2.20 bits per heavy atom. The summed E-state index contributed by atoms with van der Waals surface area (Å²) >= 11 is 0. The van der Waals surface area contributed by atoms with Crippen LogP contribution in [0.4, 0.5) is 10.5 Å². The molecule has 5 heteroatoms. The molecule has 0 unspecified atom stereocenters. The Hall–Kier alpha value is -2.56. The average Bonchev–Trinajstić information content (AvgIpc) is 2.42. The van der Waals surface area contributed by atoms with Crippen LogP contribution in [0, 0.1) is 6.92 Å². The number of pyridine rings is 1. The summed E-state index contributed by atoms with van der Waals surface area (Å²) in [6.07, 6.45) is 2.45. The van der Waals surface area contributed by atoms with Crippen LogP contribution in [-0.2, 0) is 6.42 Å². The summed E-state index contributed by atoms with van der Waals surface area (Å²) in [5.74, 6) is 0.602. The Morgan fingerprint density at radius 1 is 1.35 bits per heavy atom. The van der Waals surface area contributed by atoms with Gasteiger partial charge in [0.15, 0.2) is 0 Å². The zero-order valence-corrected chi connectivity index (χ0v) is 11.3. The molecule has 2 rings (SSSR count). The number of primary amides is 1. The number of nitrogens with one attached hydrogen (secondary N) is 1. The molecular formula is C15H17N3O2. The van der Waals surface area contributed by atoms with Crippen LogP contribution in [0.5, 0.6) is 5.75 Å². The zero-order valence-electron chi connectivity index (χ0n) is 11.3. The number of aromatic nitrogens is 1. The number of aryl methyl sites for hydroxylation is 1. The van der Waals surface area contributed by atoms with E-state index in [1.54, 1.807) is 6.20 Å². The summed E-state index contributed by atoms with van der Waals surface area (Å²) in [5, 5.41) is 2.56. The normalized spacial score (nSPS) is 10.1. The van der Waals surface area contributed by atoms with Gasteiger partial charge < -0.3 is 15.8 Å². The van der Waals surface area contributed by atoms with Gasteiger partial charge in [0.05, 0.1) is 12.3 Å². The summed E-state index contributed by atoms with van der Waals surface area (Å²) in [5.41, 5.74) is 7.71. The lowest BCUT2D eigenvalue weighted by Gasteiger charge is -2.12. The minimum Gasteiger partial charge on any atom is -0.491 e. The van der Waals surface area contributed by atoms with Gasteiger partial charge in [-0.3, -0.25) is 4.98 Å². The van der Waals surface area contributed by atoms with Crippen LogP contribution in [0.15, 0.2) is 42.6 Å². The first kappa shape index (κ1) is 13.9. The molecule has 104 valence electrons. The van der Waals surface area contributed by atoms with E-state index in [2.05, 4.69) is 10.3 Å². The molecule has 0 aliphatic carbocycles. The van der Waals surface area contributed by atoms with Gasteiger partial charge >= 0.3 is 6.03 Å². The number of carbonyl (C=O) groups is 1. The Morgan fingerprint density at radius 3 is 2.90 bits per heavy atom. The molecule has 5 nitrogen and oxygen atoms in total. The summed E-state index contributed by atoms with van der Waals surface area (Å²) in [4.78, 5) is 15.2. The number of anilines is 1. The van der Waals surface area contributed by atoms with E-state index in [1.165, 1.54) is 0 Å². The lowest BCUT2D eigenvalue weighted by molar-refractivity contribution is 0.259. The molecule has 20 heavy (non-hydrogen) atoms. The summed E-state index contributed by atoms with van der Waals surface area (Å²) < 4.78 is 5.69. The van der Waals surface area contributed by atoms with Gasteiger partial charge in [-0.2, -0.15) is 0 Å². The quantitative estimate of drug-likeness (QED) is 0.877. The fourth-order valence-electron chi connectivity index (χ4n) is 1.81. The zero-order chi connectivity index (χ0) is 14.4. The van der Waals surface area contributed by atoms with Crippen molar-refractivity contribution in [2.75, 3.05) is 11.9 Å². The molecule has 0 radical (unpaired) electrons. The van der Waals surface area contributed by atoms with Gasteiger partial charge in [0.25, 0.3) is 0 Å². The van der Waals surface area contributed by atoms with Crippen molar-refractivity contribution in [2.45, 2.75) is 13.3 Å². The van der Waals surface area contributed by atoms with Crippen LogP contribution in [0.2, 0.25) is 0 Å². The third-order valence-electron chi connectivity index (χ3n) is 2.73. The highest BCUT2D eigenvalue weighted by molar-refractivity contribution is 5.89. The minimum absolute atomic E-state index is 0.480. The van der Waals surface area contributed by atoms with Crippen molar-refractivity contribution in [1.82, 2.24) is 4.98 Å². The second kappa shape index (κ2) is 6.56. The predicted molar refractivity (Wildman–Crippen MR) is 77.8 cm³/mol. The number of carbonyl (C=O) groups excluding carboxylic acids is 1. The highest BCUT2D eigenvalue weighted by Crippen LogP contribution is 2.25. The molecule has 0 spiro atoms. The number of amides is 2. The molecule has 0 saturated heterocycles.